The van der Waals surface area contributed by atoms with Crippen molar-refractivity contribution in [3.8, 4) is 6.07 Å². The highest BCUT2D eigenvalue weighted by Gasteiger charge is 2.14. The Kier molecular flexibility index (Phi) is 2.00. The normalized spacial score (nSPS) is 10.6. The Bertz CT molecular complexity index is 88.8. The predicted octanol–water partition coefficient (Wildman–Crippen LogP) is 0.707. The van der Waals surface area contributed by atoms with Gasteiger partial charge in [0.05, 0.1) is 12.1 Å². The molecular weight excluding hydrogens is 106 g/mol. The molecule has 0 unspecified atom stereocenters. The molecule has 0 saturated carbocycles. The van der Waals surface area contributed by atoms with Crippen LogP contribution >= 0.6 is 0 Å². The maximum Gasteiger partial charge on any atom is 0.196 e. The van der Waals surface area contributed by atoms with Crippen LogP contribution in [0.5, 0.6) is 0 Å². The molecule has 0 spiro atoms. The lowest BCUT2D eigenvalue weighted by Crippen LogP contribution is -2.23. The second kappa shape index (κ2) is 2.10. The molecule has 0 aliphatic carbocycles. The number of hydrogen-bond donors (Lipinski definition) is 1. The fraction of sp³-hybridized carbons (Fsp3) is 0.750. The molecule has 0 aliphatic heterocycles. The fourth-order valence-corrected chi connectivity index (χ4v) is 0.580. The third kappa shape index (κ3) is 5.67. The first-order valence-electron chi connectivity index (χ1n) is 2.15. The summed E-state index contributed by atoms with van der Waals surface area (Å²) in [5.74, 6) is 0. The first-order valence-corrected chi connectivity index (χ1v) is 5.31. The highest BCUT2D eigenvalue weighted by atomic mass is 28.4. The lowest BCUT2D eigenvalue weighted by Gasteiger charge is -2.05. The van der Waals surface area contributed by atoms with Crippen molar-refractivity contribution in [3.63, 3.8) is 0 Å². The molecule has 0 radical (unpaired) electrons. The first kappa shape index (κ1) is 6.67. The van der Waals surface area contributed by atoms with Gasteiger partial charge in [-0.2, -0.15) is 5.26 Å². The topological polar surface area (TPSA) is 44.0 Å². The Balaban J connectivity index is 3.40. The van der Waals surface area contributed by atoms with Gasteiger partial charge < -0.3 is 4.80 Å². The summed E-state index contributed by atoms with van der Waals surface area (Å²) in [6.07, 6.45) is 0. The highest BCUT2D eigenvalue weighted by Crippen LogP contribution is 2.00. The van der Waals surface area contributed by atoms with Gasteiger partial charge in [0, 0.05) is 0 Å². The zero-order valence-corrected chi connectivity index (χ0v) is 5.60. The van der Waals surface area contributed by atoms with E-state index in [9.17, 15) is 0 Å². The maximum atomic E-state index is 8.93. The van der Waals surface area contributed by atoms with E-state index in [4.69, 9.17) is 10.1 Å². The van der Waals surface area contributed by atoms with Gasteiger partial charge in [-0.25, -0.2) is 0 Å². The standard InChI is InChI=1S/C4H9NOSi/c1-7(2,6)4-3-5/h6H,4H2,1-2H3. The molecule has 0 bridgehead atoms. The second-order valence-corrected chi connectivity index (χ2v) is 6.13. The summed E-state index contributed by atoms with van der Waals surface area (Å²) in [5.41, 5.74) is 0. The van der Waals surface area contributed by atoms with E-state index in [-0.39, 0.29) is 0 Å². The van der Waals surface area contributed by atoms with Crippen LogP contribution in [0.15, 0.2) is 0 Å². The summed E-state index contributed by atoms with van der Waals surface area (Å²) in [5, 5.41) is 8.03. The van der Waals surface area contributed by atoms with Crippen LogP contribution in [0.4, 0.5) is 0 Å². The van der Waals surface area contributed by atoms with Gasteiger partial charge in [0.1, 0.15) is 0 Å². The maximum absolute atomic E-state index is 8.93. The van der Waals surface area contributed by atoms with Gasteiger partial charge in [0.15, 0.2) is 8.32 Å². The molecule has 0 amide bonds. The van der Waals surface area contributed by atoms with Crippen LogP contribution < -0.4 is 0 Å². The predicted molar refractivity (Wildman–Crippen MR) is 30.1 cm³/mol. The van der Waals surface area contributed by atoms with E-state index < -0.39 is 8.32 Å². The van der Waals surface area contributed by atoms with E-state index >= 15 is 0 Å². The van der Waals surface area contributed by atoms with Crippen LogP contribution in [0.3, 0.4) is 0 Å². The highest BCUT2D eigenvalue weighted by molar-refractivity contribution is 6.70. The Morgan fingerprint density at radius 2 is 2.14 bits per heavy atom. The summed E-state index contributed by atoms with van der Waals surface area (Å²) in [7, 11) is -2.02. The van der Waals surface area contributed by atoms with E-state index in [0.29, 0.717) is 6.04 Å². The van der Waals surface area contributed by atoms with Crippen LogP contribution in [0.25, 0.3) is 0 Å². The molecule has 0 aromatic rings. The van der Waals surface area contributed by atoms with Crippen molar-refractivity contribution in [1.82, 2.24) is 0 Å². The van der Waals surface area contributed by atoms with Crippen molar-refractivity contribution in [1.29, 1.82) is 5.26 Å². The van der Waals surface area contributed by atoms with Crippen LogP contribution in [0, 0.1) is 11.3 Å². The summed E-state index contributed by atoms with van der Waals surface area (Å²) in [6.45, 7) is 3.49. The van der Waals surface area contributed by atoms with Crippen molar-refractivity contribution in [2.24, 2.45) is 0 Å². The third-order valence-corrected chi connectivity index (χ3v) is 1.54. The van der Waals surface area contributed by atoms with Gasteiger partial charge in [-0.3, -0.25) is 0 Å². The van der Waals surface area contributed by atoms with Crippen molar-refractivity contribution >= 4 is 8.32 Å². The third-order valence-electron chi connectivity index (χ3n) is 0.512. The molecule has 0 aliphatic rings. The number of nitrogens with zero attached hydrogens (tertiary/aromatic N) is 1. The molecular formula is C4H9NOSi. The molecule has 40 valence electrons. The average molecular weight is 115 g/mol. The van der Waals surface area contributed by atoms with Crippen LogP contribution in [0.1, 0.15) is 0 Å². The van der Waals surface area contributed by atoms with Crippen LogP contribution in [0.2, 0.25) is 19.1 Å². The molecule has 0 atom stereocenters. The minimum absolute atomic E-state index is 0.340. The SMILES string of the molecule is C[Si](C)(O)CC#N. The van der Waals surface area contributed by atoms with Crippen molar-refractivity contribution < 1.29 is 4.80 Å². The molecule has 0 rings (SSSR count). The summed E-state index contributed by atoms with van der Waals surface area (Å²) in [4.78, 5) is 8.93. The van der Waals surface area contributed by atoms with E-state index in [1.807, 2.05) is 6.07 Å². The summed E-state index contributed by atoms with van der Waals surface area (Å²) >= 11 is 0. The van der Waals surface area contributed by atoms with E-state index in [0.717, 1.165) is 0 Å². The van der Waals surface area contributed by atoms with E-state index in [1.54, 1.807) is 13.1 Å². The van der Waals surface area contributed by atoms with Gasteiger partial charge in [0.2, 0.25) is 0 Å². The van der Waals surface area contributed by atoms with Crippen LogP contribution in [-0.4, -0.2) is 13.1 Å². The number of nitriles is 1. The van der Waals surface area contributed by atoms with Crippen molar-refractivity contribution in [3.05, 3.63) is 0 Å². The second-order valence-electron chi connectivity index (χ2n) is 2.15. The minimum Gasteiger partial charge on any atom is -0.431 e. The largest absolute Gasteiger partial charge is 0.431 e. The molecule has 0 heterocycles. The Labute approximate surface area is 44.5 Å². The molecule has 0 aromatic heterocycles. The number of hydrogen-bond acceptors (Lipinski definition) is 2. The van der Waals surface area contributed by atoms with Gasteiger partial charge in [-0.1, -0.05) is 0 Å². The van der Waals surface area contributed by atoms with Gasteiger partial charge >= 0.3 is 0 Å². The molecule has 0 aromatic carbocycles. The zero-order valence-electron chi connectivity index (χ0n) is 4.60. The zero-order chi connectivity index (χ0) is 5.91. The Morgan fingerprint density at radius 1 is 1.71 bits per heavy atom. The monoisotopic (exact) mass is 115 g/mol. The lowest BCUT2D eigenvalue weighted by atomic mass is 10.9. The van der Waals surface area contributed by atoms with Crippen molar-refractivity contribution in [2.75, 3.05) is 0 Å². The van der Waals surface area contributed by atoms with Gasteiger partial charge in [0.25, 0.3) is 0 Å². The Morgan fingerprint density at radius 3 is 2.14 bits per heavy atom. The summed E-state index contributed by atoms with van der Waals surface area (Å²) < 4.78 is 0. The molecule has 7 heavy (non-hydrogen) atoms. The van der Waals surface area contributed by atoms with E-state index in [2.05, 4.69) is 0 Å². The quantitative estimate of drug-likeness (QED) is 0.511. The van der Waals surface area contributed by atoms with Gasteiger partial charge in [-0.05, 0) is 13.1 Å². The molecule has 3 heteroatoms. The molecule has 0 fully saturated rings. The fourth-order valence-electron chi connectivity index (χ4n) is 0.193. The molecule has 0 saturated heterocycles. The molecule has 2 nitrogen and oxygen atoms in total. The molecule has 1 N–H and O–H groups in total. The van der Waals surface area contributed by atoms with Crippen LogP contribution in [-0.2, 0) is 0 Å². The number of rotatable bonds is 1. The van der Waals surface area contributed by atoms with Crippen molar-refractivity contribution in [2.45, 2.75) is 19.1 Å². The van der Waals surface area contributed by atoms with Gasteiger partial charge in [-0.15, -0.1) is 0 Å². The average Bonchev–Trinajstić information content (AvgIpc) is 1.30. The minimum atomic E-state index is -2.02. The van der Waals surface area contributed by atoms with E-state index in [1.165, 1.54) is 0 Å². The summed E-state index contributed by atoms with van der Waals surface area (Å²) in [6, 6.07) is 2.26. The smallest absolute Gasteiger partial charge is 0.196 e. The Hall–Kier alpha value is -0.333. The lowest BCUT2D eigenvalue weighted by molar-refractivity contribution is 0.555. The first-order chi connectivity index (χ1) is 3.06.